The average Bonchev–Trinajstić information content (AvgIpc) is 3.08. The molecule has 0 amide bonds. The molecular formula is C22H27N3OS. The van der Waals surface area contributed by atoms with Gasteiger partial charge in [-0.05, 0) is 55.1 Å². The highest BCUT2D eigenvalue weighted by molar-refractivity contribution is 7.99. The summed E-state index contributed by atoms with van der Waals surface area (Å²) in [6.45, 7) is 3.94. The Morgan fingerprint density at radius 3 is 2.30 bits per heavy atom. The second-order valence-corrected chi connectivity index (χ2v) is 9.57. The Morgan fingerprint density at radius 2 is 1.67 bits per heavy atom. The molecule has 2 aliphatic heterocycles. The van der Waals surface area contributed by atoms with E-state index in [1.54, 1.807) is 11.1 Å². The van der Waals surface area contributed by atoms with E-state index in [0.717, 1.165) is 50.0 Å². The first-order valence-electron chi connectivity index (χ1n) is 10.2. The normalized spacial score (nSPS) is 22.1. The van der Waals surface area contributed by atoms with Crippen molar-refractivity contribution in [2.75, 3.05) is 31.2 Å². The van der Waals surface area contributed by atoms with Gasteiger partial charge >= 0.3 is 0 Å². The molecule has 0 atom stereocenters. The third kappa shape index (κ3) is 3.72. The van der Waals surface area contributed by atoms with Crippen LogP contribution in [0.15, 0.2) is 41.7 Å². The van der Waals surface area contributed by atoms with Gasteiger partial charge in [-0.15, -0.1) is 11.8 Å². The predicted octanol–water partition coefficient (Wildman–Crippen LogP) is 4.13. The SMILES string of the molecule is c1ccc2c(c1)CC1(CCN(c3cnc(SC4CCOCC4)cn3)CC1)C2. The van der Waals surface area contributed by atoms with Crippen LogP contribution in [0.4, 0.5) is 5.82 Å². The Hall–Kier alpha value is -1.59. The first-order chi connectivity index (χ1) is 13.3. The Labute approximate surface area is 165 Å². The van der Waals surface area contributed by atoms with Gasteiger partial charge in [-0.25, -0.2) is 9.97 Å². The van der Waals surface area contributed by atoms with E-state index in [1.807, 2.05) is 24.2 Å². The van der Waals surface area contributed by atoms with Crippen molar-refractivity contribution in [3.63, 3.8) is 0 Å². The van der Waals surface area contributed by atoms with Gasteiger partial charge in [0.05, 0.1) is 12.4 Å². The summed E-state index contributed by atoms with van der Waals surface area (Å²) in [7, 11) is 0. The average molecular weight is 382 g/mol. The van der Waals surface area contributed by atoms with E-state index in [4.69, 9.17) is 9.72 Å². The second-order valence-electron chi connectivity index (χ2n) is 8.25. The van der Waals surface area contributed by atoms with Gasteiger partial charge in [0.2, 0.25) is 0 Å². The highest BCUT2D eigenvalue weighted by atomic mass is 32.2. The molecule has 27 heavy (non-hydrogen) atoms. The molecule has 0 radical (unpaired) electrons. The molecule has 2 aromatic rings. The molecule has 2 saturated heterocycles. The van der Waals surface area contributed by atoms with E-state index in [1.165, 1.54) is 25.7 Å². The number of ether oxygens (including phenoxy) is 1. The molecule has 1 aromatic heterocycles. The summed E-state index contributed by atoms with van der Waals surface area (Å²) < 4.78 is 5.44. The van der Waals surface area contributed by atoms with Crippen LogP contribution in [0.2, 0.25) is 0 Å². The van der Waals surface area contributed by atoms with Crippen LogP contribution in [0.5, 0.6) is 0 Å². The maximum atomic E-state index is 5.44. The fourth-order valence-corrected chi connectivity index (χ4v) is 5.83. The van der Waals surface area contributed by atoms with Gasteiger partial charge in [0, 0.05) is 31.6 Å². The molecule has 1 aliphatic carbocycles. The van der Waals surface area contributed by atoms with E-state index >= 15 is 0 Å². The van der Waals surface area contributed by atoms with Gasteiger partial charge in [-0.3, -0.25) is 0 Å². The topological polar surface area (TPSA) is 38.2 Å². The van der Waals surface area contributed by atoms with Crippen LogP contribution >= 0.6 is 11.8 Å². The van der Waals surface area contributed by atoms with Crippen molar-refractivity contribution in [2.24, 2.45) is 5.41 Å². The zero-order valence-corrected chi connectivity index (χ0v) is 16.6. The van der Waals surface area contributed by atoms with Gasteiger partial charge < -0.3 is 9.64 Å². The molecule has 5 rings (SSSR count). The molecule has 142 valence electrons. The van der Waals surface area contributed by atoms with Crippen LogP contribution in [-0.2, 0) is 17.6 Å². The van der Waals surface area contributed by atoms with Gasteiger partial charge in [-0.1, -0.05) is 24.3 Å². The number of thioether (sulfide) groups is 1. The molecule has 4 nitrogen and oxygen atoms in total. The number of fused-ring (bicyclic) bond motifs is 1. The number of hydrogen-bond donors (Lipinski definition) is 0. The van der Waals surface area contributed by atoms with E-state index in [2.05, 4.69) is 34.1 Å². The van der Waals surface area contributed by atoms with Gasteiger partial charge in [0.15, 0.2) is 0 Å². The van der Waals surface area contributed by atoms with Crippen molar-refractivity contribution in [2.45, 2.75) is 48.8 Å². The van der Waals surface area contributed by atoms with Crippen LogP contribution in [0, 0.1) is 5.41 Å². The number of anilines is 1. The summed E-state index contributed by atoms with van der Waals surface area (Å²) in [6.07, 6.45) is 11.2. The number of piperidine rings is 1. The molecule has 0 unspecified atom stereocenters. The number of nitrogens with zero attached hydrogens (tertiary/aromatic N) is 3. The third-order valence-corrected chi connectivity index (χ3v) is 7.72. The first kappa shape index (κ1) is 17.5. The van der Waals surface area contributed by atoms with Crippen molar-refractivity contribution in [3.05, 3.63) is 47.8 Å². The zero-order valence-electron chi connectivity index (χ0n) is 15.8. The Balaban J connectivity index is 1.19. The minimum Gasteiger partial charge on any atom is -0.381 e. The largest absolute Gasteiger partial charge is 0.381 e. The molecule has 0 saturated carbocycles. The standard InChI is InChI=1S/C22H27N3OS/c1-2-4-18-14-22(13-17(18)3-1)7-9-25(10-8-22)20-15-24-21(16-23-20)27-19-5-11-26-12-6-19/h1-4,15-16,19H,5-14H2. The van der Waals surface area contributed by atoms with Crippen molar-refractivity contribution >= 4 is 17.6 Å². The lowest BCUT2D eigenvalue weighted by atomic mass is 9.76. The Morgan fingerprint density at radius 1 is 0.963 bits per heavy atom. The molecular weight excluding hydrogens is 354 g/mol. The predicted molar refractivity (Wildman–Crippen MR) is 109 cm³/mol. The van der Waals surface area contributed by atoms with Crippen molar-refractivity contribution in [3.8, 4) is 0 Å². The van der Waals surface area contributed by atoms with Crippen LogP contribution in [0.25, 0.3) is 0 Å². The molecule has 3 heterocycles. The highest BCUT2D eigenvalue weighted by Gasteiger charge is 2.39. The molecule has 0 N–H and O–H groups in total. The van der Waals surface area contributed by atoms with Crippen molar-refractivity contribution in [1.82, 2.24) is 9.97 Å². The number of benzene rings is 1. The molecule has 3 aliphatic rings. The molecule has 2 fully saturated rings. The molecule has 0 bridgehead atoms. The van der Waals surface area contributed by atoms with E-state index in [-0.39, 0.29) is 0 Å². The quantitative estimate of drug-likeness (QED) is 0.799. The van der Waals surface area contributed by atoms with Crippen molar-refractivity contribution in [1.29, 1.82) is 0 Å². The van der Waals surface area contributed by atoms with E-state index in [9.17, 15) is 0 Å². The van der Waals surface area contributed by atoms with E-state index < -0.39 is 0 Å². The number of aromatic nitrogens is 2. The molecule has 5 heteroatoms. The van der Waals surface area contributed by atoms with Gasteiger partial charge in [0.25, 0.3) is 0 Å². The van der Waals surface area contributed by atoms with Crippen LogP contribution in [0.3, 0.4) is 0 Å². The number of hydrogen-bond acceptors (Lipinski definition) is 5. The summed E-state index contributed by atoms with van der Waals surface area (Å²) in [5.41, 5.74) is 3.62. The number of rotatable bonds is 3. The fourth-order valence-electron chi connectivity index (χ4n) is 4.83. The zero-order chi connectivity index (χ0) is 18.1. The summed E-state index contributed by atoms with van der Waals surface area (Å²) in [4.78, 5) is 11.8. The third-order valence-electron chi connectivity index (χ3n) is 6.47. The summed E-state index contributed by atoms with van der Waals surface area (Å²) >= 11 is 1.86. The second kappa shape index (κ2) is 7.44. The van der Waals surface area contributed by atoms with Gasteiger partial charge in [0.1, 0.15) is 10.8 Å². The lowest BCUT2D eigenvalue weighted by Gasteiger charge is -2.39. The van der Waals surface area contributed by atoms with Crippen molar-refractivity contribution < 1.29 is 4.74 Å². The minimum absolute atomic E-state index is 0.479. The summed E-state index contributed by atoms with van der Waals surface area (Å²) in [5.74, 6) is 1.04. The highest BCUT2D eigenvalue weighted by Crippen LogP contribution is 2.45. The van der Waals surface area contributed by atoms with Crippen LogP contribution in [0.1, 0.15) is 36.8 Å². The molecule has 1 aromatic carbocycles. The maximum Gasteiger partial charge on any atom is 0.147 e. The fraction of sp³-hybridized carbons (Fsp3) is 0.545. The monoisotopic (exact) mass is 381 g/mol. The van der Waals surface area contributed by atoms with Crippen LogP contribution < -0.4 is 4.90 Å². The Kier molecular flexibility index (Phi) is 4.82. The molecule has 1 spiro atoms. The van der Waals surface area contributed by atoms with E-state index in [0.29, 0.717) is 10.7 Å². The maximum absolute atomic E-state index is 5.44. The van der Waals surface area contributed by atoms with Gasteiger partial charge in [-0.2, -0.15) is 0 Å². The van der Waals surface area contributed by atoms with Crippen LogP contribution in [-0.4, -0.2) is 41.5 Å². The first-order valence-corrected chi connectivity index (χ1v) is 11.1. The minimum atomic E-state index is 0.479. The smallest absolute Gasteiger partial charge is 0.147 e. The Bertz CT molecular complexity index is 753. The lowest BCUT2D eigenvalue weighted by molar-refractivity contribution is 0.1000. The lowest BCUT2D eigenvalue weighted by Crippen LogP contribution is -2.41. The summed E-state index contributed by atoms with van der Waals surface area (Å²) in [5, 5.41) is 1.67. The summed E-state index contributed by atoms with van der Waals surface area (Å²) in [6, 6.07) is 9.00.